The van der Waals surface area contributed by atoms with Crippen molar-refractivity contribution in [1.29, 1.82) is 0 Å². The lowest BCUT2D eigenvalue weighted by Crippen LogP contribution is -2.40. The van der Waals surface area contributed by atoms with Crippen LogP contribution in [0.1, 0.15) is 39.5 Å². The maximum Gasteiger partial charge on any atom is 0.233 e. The molecule has 2 rings (SSSR count). The van der Waals surface area contributed by atoms with Gasteiger partial charge in [-0.2, -0.15) is 0 Å². The molecule has 0 aromatic rings. The topological polar surface area (TPSA) is 57.6 Å². The Kier molecular flexibility index (Phi) is 3.25. The van der Waals surface area contributed by atoms with Crippen molar-refractivity contribution in [2.45, 2.75) is 39.5 Å². The quantitative estimate of drug-likeness (QED) is 0.752. The predicted molar refractivity (Wildman–Crippen MR) is 63.0 cm³/mol. The molecule has 1 saturated heterocycles. The Bertz CT molecular complexity index is 314. The third-order valence-corrected chi connectivity index (χ3v) is 3.95. The van der Waals surface area contributed by atoms with Crippen LogP contribution in [0.3, 0.4) is 0 Å². The summed E-state index contributed by atoms with van der Waals surface area (Å²) in [6.07, 6.45) is 3.81. The molecule has 1 aliphatic carbocycles. The maximum absolute atomic E-state index is 12.2. The van der Waals surface area contributed by atoms with Gasteiger partial charge in [0.15, 0.2) is 0 Å². The first-order valence-corrected chi connectivity index (χ1v) is 6.42. The van der Waals surface area contributed by atoms with Crippen LogP contribution in [0.15, 0.2) is 0 Å². The zero-order chi connectivity index (χ0) is 12.6. The second kappa shape index (κ2) is 4.41. The van der Waals surface area contributed by atoms with Crippen molar-refractivity contribution in [2.24, 2.45) is 17.3 Å². The number of nitrogens with zero attached hydrogens (tertiary/aromatic N) is 1. The molecule has 17 heavy (non-hydrogen) atoms. The summed E-state index contributed by atoms with van der Waals surface area (Å²) in [6, 6.07) is 0. The Morgan fingerprint density at radius 1 is 1.18 bits per heavy atom. The van der Waals surface area contributed by atoms with Gasteiger partial charge in [0.1, 0.15) is 0 Å². The molecule has 0 aromatic heterocycles. The van der Waals surface area contributed by atoms with Gasteiger partial charge in [-0.15, -0.1) is 0 Å². The van der Waals surface area contributed by atoms with Crippen molar-refractivity contribution >= 4 is 11.8 Å². The Labute approximate surface area is 102 Å². The number of imide groups is 1. The lowest BCUT2D eigenvalue weighted by atomic mass is 9.81. The van der Waals surface area contributed by atoms with Crippen molar-refractivity contribution in [3.63, 3.8) is 0 Å². The highest BCUT2D eigenvalue weighted by molar-refractivity contribution is 6.05. The van der Waals surface area contributed by atoms with E-state index in [9.17, 15) is 14.7 Å². The van der Waals surface area contributed by atoms with Crippen LogP contribution in [-0.2, 0) is 9.59 Å². The third kappa shape index (κ3) is 2.23. The molecule has 96 valence electrons. The van der Waals surface area contributed by atoms with Crippen molar-refractivity contribution < 1.29 is 14.7 Å². The smallest absolute Gasteiger partial charge is 0.233 e. The molecular weight excluding hydrogens is 218 g/mol. The van der Waals surface area contributed by atoms with E-state index in [0.717, 1.165) is 25.7 Å². The molecular formula is C13H21NO3. The molecule has 2 aliphatic rings. The SMILES string of the molecule is CC(C)(CO)CN1C(=O)C2CCCCC2C1=O. The summed E-state index contributed by atoms with van der Waals surface area (Å²) in [5.74, 6) is -0.182. The number of hydrogen-bond acceptors (Lipinski definition) is 3. The summed E-state index contributed by atoms with van der Waals surface area (Å²) < 4.78 is 0. The summed E-state index contributed by atoms with van der Waals surface area (Å²) in [6.45, 7) is 4.07. The Hall–Kier alpha value is -0.900. The zero-order valence-corrected chi connectivity index (χ0v) is 10.6. The molecule has 4 heteroatoms. The van der Waals surface area contributed by atoms with Crippen LogP contribution in [0.2, 0.25) is 0 Å². The van der Waals surface area contributed by atoms with Crippen LogP contribution in [0, 0.1) is 17.3 Å². The number of aliphatic hydroxyl groups is 1. The van der Waals surface area contributed by atoms with Crippen LogP contribution in [-0.4, -0.2) is 35.0 Å². The minimum Gasteiger partial charge on any atom is -0.396 e. The monoisotopic (exact) mass is 239 g/mol. The van der Waals surface area contributed by atoms with Gasteiger partial charge in [0.25, 0.3) is 0 Å². The van der Waals surface area contributed by atoms with Crippen LogP contribution in [0.4, 0.5) is 0 Å². The first-order chi connectivity index (χ1) is 7.96. The summed E-state index contributed by atoms with van der Waals surface area (Å²) in [5.41, 5.74) is -0.404. The van der Waals surface area contributed by atoms with E-state index in [0.29, 0.717) is 6.54 Å². The third-order valence-electron chi connectivity index (χ3n) is 3.95. The summed E-state index contributed by atoms with van der Waals surface area (Å²) >= 11 is 0. The van der Waals surface area contributed by atoms with E-state index in [1.807, 2.05) is 13.8 Å². The Balaban J connectivity index is 2.13. The average Bonchev–Trinajstić information content (AvgIpc) is 2.55. The van der Waals surface area contributed by atoms with Crippen LogP contribution >= 0.6 is 0 Å². The van der Waals surface area contributed by atoms with Crippen molar-refractivity contribution in [3.8, 4) is 0 Å². The molecule has 1 N–H and O–H groups in total. The van der Waals surface area contributed by atoms with E-state index in [1.165, 1.54) is 4.90 Å². The highest BCUT2D eigenvalue weighted by Gasteiger charge is 2.48. The van der Waals surface area contributed by atoms with E-state index in [-0.39, 0.29) is 30.3 Å². The molecule has 0 aromatic carbocycles. The minimum atomic E-state index is -0.404. The van der Waals surface area contributed by atoms with E-state index < -0.39 is 5.41 Å². The molecule has 2 atom stereocenters. The number of fused-ring (bicyclic) bond motifs is 1. The molecule has 1 heterocycles. The fourth-order valence-corrected chi connectivity index (χ4v) is 2.86. The molecule has 0 spiro atoms. The molecule has 0 radical (unpaired) electrons. The molecule has 2 amide bonds. The Morgan fingerprint density at radius 2 is 1.65 bits per heavy atom. The highest BCUT2D eigenvalue weighted by Crippen LogP contribution is 2.38. The summed E-state index contributed by atoms with van der Waals surface area (Å²) in [7, 11) is 0. The van der Waals surface area contributed by atoms with Gasteiger partial charge < -0.3 is 5.11 Å². The molecule has 2 fully saturated rings. The molecule has 0 bridgehead atoms. The van der Waals surface area contributed by atoms with Gasteiger partial charge in [-0.3, -0.25) is 14.5 Å². The van der Waals surface area contributed by atoms with Gasteiger partial charge in [0.2, 0.25) is 11.8 Å². The van der Waals surface area contributed by atoms with Gasteiger partial charge >= 0.3 is 0 Å². The number of carbonyl (C=O) groups is 2. The van der Waals surface area contributed by atoms with E-state index in [2.05, 4.69) is 0 Å². The fraction of sp³-hybridized carbons (Fsp3) is 0.846. The summed E-state index contributed by atoms with van der Waals surface area (Å²) in [4.78, 5) is 25.7. The van der Waals surface area contributed by atoms with Gasteiger partial charge in [0.05, 0.1) is 11.8 Å². The number of hydrogen-bond donors (Lipinski definition) is 1. The number of aliphatic hydroxyl groups excluding tert-OH is 1. The largest absolute Gasteiger partial charge is 0.396 e. The molecule has 4 nitrogen and oxygen atoms in total. The summed E-state index contributed by atoms with van der Waals surface area (Å²) in [5, 5.41) is 9.24. The van der Waals surface area contributed by atoms with Crippen LogP contribution < -0.4 is 0 Å². The van der Waals surface area contributed by atoms with E-state index in [1.54, 1.807) is 0 Å². The van der Waals surface area contributed by atoms with Crippen molar-refractivity contribution in [1.82, 2.24) is 4.90 Å². The van der Waals surface area contributed by atoms with Gasteiger partial charge in [-0.05, 0) is 12.8 Å². The van der Waals surface area contributed by atoms with Gasteiger partial charge in [-0.1, -0.05) is 26.7 Å². The van der Waals surface area contributed by atoms with Gasteiger partial charge in [-0.25, -0.2) is 0 Å². The first kappa shape index (κ1) is 12.6. The predicted octanol–water partition coefficient (Wildman–Crippen LogP) is 1.18. The molecule has 1 saturated carbocycles. The number of rotatable bonds is 3. The van der Waals surface area contributed by atoms with E-state index in [4.69, 9.17) is 0 Å². The Morgan fingerprint density at radius 3 is 2.06 bits per heavy atom. The van der Waals surface area contributed by atoms with Crippen LogP contribution in [0.5, 0.6) is 0 Å². The van der Waals surface area contributed by atoms with E-state index >= 15 is 0 Å². The number of carbonyl (C=O) groups excluding carboxylic acids is 2. The standard InChI is InChI=1S/C13H21NO3/c1-13(2,8-15)7-14-11(16)9-5-3-4-6-10(9)12(14)17/h9-10,15H,3-8H2,1-2H3. The van der Waals surface area contributed by atoms with Gasteiger partial charge in [0, 0.05) is 18.6 Å². The minimum absolute atomic E-state index is 0.0128. The number of likely N-dealkylation sites (tertiary alicyclic amines) is 1. The maximum atomic E-state index is 12.2. The van der Waals surface area contributed by atoms with Crippen molar-refractivity contribution in [3.05, 3.63) is 0 Å². The molecule has 1 aliphatic heterocycles. The molecule has 2 unspecified atom stereocenters. The lowest BCUT2D eigenvalue weighted by Gasteiger charge is -2.27. The van der Waals surface area contributed by atoms with Crippen LogP contribution in [0.25, 0.3) is 0 Å². The second-order valence-electron chi connectivity index (χ2n) is 6.08. The highest BCUT2D eigenvalue weighted by atomic mass is 16.3. The normalized spacial score (nSPS) is 29.7. The zero-order valence-electron chi connectivity index (χ0n) is 10.6. The van der Waals surface area contributed by atoms with Crippen molar-refractivity contribution in [2.75, 3.05) is 13.2 Å². The first-order valence-electron chi connectivity index (χ1n) is 6.42. The average molecular weight is 239 g/mol. The number of amides is 2. The lowest BCUT2D eigenvalue weighted by molar-refractivity contribution is -0.141. The second-order valence-corrected chi connectivity index (χ2v) is 6.08. The fourth-order valence-electron chi connectivity index (χ4n) is 2.86.